The lowest BCUT2D eigenvalue weighted by Gasteiger charge is -2.08. The lowest BCUT2D eigenvalue weighted by Crippen LogP contribution is -2.22. The second kappa shape index (κ2) is 8.87. The van der Waals surface area contributed by atoms with Crippen molar-refractivity contribution < 1.29 is 14.3 Å². The number of carbonyl (C=O) groups is 2. The molecule has 7 nitrogen and oxygen atoms in total. The van der Waals surface area contributed by atoms with Crippen LogP contribution in [0.3, 0.4) is 0 Å². The van der Waals surface area contributed by atoms with Gasteiger partial charge in [-0.3, -0.25) is 14.9 Å². The molecule has 6 rings (SSSR count). The van der Waals surface area contributed by atoms with Crippen LogP contribution >= 0.6 is 0 Å². The van der Waals surface area contributed by atoms with Gasteiger partial charge >= 0.3 is 0 Å². The molecule has 0 unspecified atom stereocenters. The number of amides is 2. The molecule has 5 aromatic rings. The Balaban J connectivity index is 1.48. The predicted molar refractivity (Wildman–Crippen MR) is 140 cm³/mol. The third-order valence-electron chi connectivity index (χ3n) is 6.53. The summed E-state index contributed by atoms with van der Waals surface area (Å²) in [6.07, 6.45) is 3.69. The fraction of sp³-hybridized carbons (Fsp3) is 0.103. The summed E-state index contributed by atoms with van der Waals surface area (Å²) in [5, 5.41) is 4.24. The number of hydrogen-bond donors (Lipinski definition) is 3. The van der Waals surface area contributed by atoms with E-state index in [1.165, 1.54) is 0 Å². The molecule has 36 heavy (non-hydrogen) atoms. The van der Waals surface area contributed by atoms with Crippen molar-refractivity contribution in [3.63, 3.8) is 0 Å². The van der Waals surface area contributed by atoms with Gasteiger partial charge in [0.2, 0.25) is 0 Å². The first-order chi connectivity index (χ1) is 17.6. The summed E-state index contributed by atoms with van der Waals surface area (Å²) >= 11 is 0. The Morgan fingerprint density at radius 3 is 2.39 bits per heavy atom. The van der Waals surface area contributed by atoms with Gasteiger partial charge in [-0.15, -0.1) is 0 Å². The maximum absolute atomic E-state index is 13.1. The van der Waals surface area contributed by atoms with E-state index in [0.717, 1.165) is 27.4 Å². The quantitative estimate of drug-likeness (QED) is 0.306. The molecule has 0 aliphatic carbocycles. The Kier molecular flexibility index (Phi) is 5.39. The number of hydrogen-bond acceptors (Lipinski definition) is 4. The number of nitrogens with one attached hydrogen (secondary N) is 2. The topological polar surface area (TPSA) is 102 Å². The Morgan fingerprint density at radius 1 is 0.833 bits per heavy atom. The Hall–Kier alpha value is -4.62. The number of ether oxygens (including phenoxy) is 1. The van der Waals surface area contributed by atoms with Gasteiger partial charge in [0.15, 0.2) is 0 Å². The second-order valence-corrected chi connectivity index (χ2v) is 8.76. The first-order valence-corrected chi connectivity index (χ1v) is 11.8. The highest BCUT2D eigenvalue weighted by molar-refractivity contribution is 6.50. The van der Waals surface area contributed by atoms with Crippen LogP contribution in [-0.4, -0.2) is 27.9 Å². The smallest absolute Gasteiger partial charge is 0.259 e. The zero-order valence-electron chi connectivity index (χ0n) is 19.5. The summed E-state index contributed by atoms with van der Waals surface area (Å²) in [4.78, 5) is 29.3. The van der Waals surface area contributed by atoms with Gasteiger partial charge in [-0.25, -0.2) is 0 Å². The van der Waals surface area contributed by atoms with Crippen molar-refractivity contribution >= 4 is 44.8 Å². The van der Waals surface area contributed by atoms with Crippen LogP contribution in [0.4, 0.5) is 0 Å². The number of fused-ring (bicyclic) bond motifs is 2. The van der Waals surface area contributed by atoms with Crippen LogP contribution in [0.25, 0.3) is 33.0 Å². The Labute approximate surface area is 207 Å². The highest BCUT2D eigenvalue weighted by Crippen LogP contribution is 2.39. The molecule has 178 valence electrons. The van der Waals surface area contributed by atoms with E-state index in [1.54, 1.807) is 6.20 Å². The molecular weight excluding hydrogens is 452 g/mol. The predicted octanol–water partition coefficient (Wildman–Crippen LogP) is 4.23. The number of H-pyrrole nitrogens is 1. The van der Waals surface area contributed by atoms with Gasteiger partial charge in [0.25, 0.3) is 11.8 Å². The SMILES string of the molecule is NCCn1cc(C2=C(c3c[nH]c4ccccc34)C(=O)NC2=O)c2ccc(OCc3ccccc3)cc21. The fourth-order valence-electron chi connectivity index (χ4n) is 4.87. The van der Waals surface area contributed by atoms with E-state index in [0.29, 0.717) is 47.7 Å². The molecule has 0 bridgehead atoms. The van der Waals surface area contributed by atoms with Gasteiger partial charge < -0.3 is 20.0 Å². The molecule has 0 spiro atoms. The van der Waals surface area contributed by atoms with Crippen LogP contribution in [0.2, 0.25) is 0 Å². The number of nitrogens with two attached hydrogens (primary N) is 1. The number of aromatic nitrogens is 2. The summed E-state index contributed by atoms with van der Waals surface area (Å²) in [6, 6.07) is 23.5. The fourth-order valence-corrected chi connectivity index (χ4v) is 4.87. The molecule has 2 amide bonds. The summed E-state index contributed by atoms with van der Waals surface area (Å²) in [7, 11) is 0. The summed E-state index contributed by atoms with van der Waals surface area (Å²) in [5.74, 6) is -0.0918. The van der Waals surface area contributed by atoms with Gasteiger partial charge in [-0.1, -0.05) is 48.5 Å². The van der Waals surface area contributed by atoms with Crippen LogP contribution < -0.4 is 15.8 Å². The van der Waals surface area contributed by atoms with Gasteiger partial charge in [0.1, 0.15) is 12.4 Å². The lowest BCUT2D eigenvalue weighted by atomic mass is 9.95. The molecule has 0 saturated heterocycles. The molecule has 0 fully saturated rings. The van der Waals surface area contributed by atoms with Crippen LogP contribution in [0.1, 0.15) is 16.7 Å². The van der Waals surface area contributed by atoms with Crippen LogP contribution in [0.15, 0.2) is 85.2 Å². The normalized spacial score (nSPS) is 13.7. The number of rotatable bonds is 7. The van der Waals surface area contributed by atoms with Crippen molar-refractivity contribution in [1.82, 2.24) is 14.9 Å². The van der Waals surface area contributed by atoms with Crippen molar-refractivity contribution in [2.45, 2.75) is 13.2 Å². The number of benzene rings is 3. The maximum Gasteiger partial charge on any atom is 0.259 e. The minimum absolute atomic E-state index is 0.364. The van der Waals surface area contributed by atoms with Crippen molar-refractivity contribution in [2.24, 2.45) is 5.73 Å². The zero-order chi connectivity index (χ0) is 24.6. The van der Waals surface area contributed by atoms with E-state index in [1.807, 2.05) is 83.6 Å². The summed E-state index contributed by atoms with van der Waals surface area (Å²) in [6.45, 7) is 1.44. The number of aromatic amines is 1. The maximum atomic E-state index is 13.1. The van der Waals surface area contributed by atoms with Crippen molar-refractivity contribution in [2.75, 3.05) is 6.54 Å². The van der Waals surface area contributed by atoms with Crippen LogP contribution in [0, 0.1) is 0 Å². The van der Waals surface area contributed by atoms with E-state index in [2.05, 4.69) is 10.3 Å². The molecule has 3 heterocycles. The Morgan fingerprint density at radius 2 is 1.58 bits per heavy atom. The van der Waals surface area contributed by atoms with E-state index in [4.69, 9.17) is 10.5 Å². The van der Waals surface area contributed by atoms with Crippen molar-refractivity contribution in [3.8, 4) is 5.75 Å². The van der Waals surface area contributed by atoms with Gasteiger partial charge in [-0.2, -0.15) is 0 Å². The van der Waals surface area contributed by atoms with Gasteiger partial charge in [-0.05, 0) is 23.8 Å². The third kappa shape index (κ3) is 3.66. The summed E-state index contributed by atoms with van der Waals surface area (Å²) in [5.41, 5.74) is 10.9. The van der Waals surface area contributed by atoms with E-state index >= 15 is 0 Å². The average Bonchev–Trinajstić information content (AvgIpc) is 3.56. The molecule has 1 aliphatic rings. The average molecular weight is 477 g/mol. The second-order valence-electron chi connectivity index (χ2n) is 8.76. The lowest BCUT2D eigenvalue weighted by molar-refractivity contribution is -0.122. The van der Waals surface area contributed by atoms with Crippen molar-refractivity contribution in [1.29, 1.82) is 0 Å². The minimum atomic E-state index is -0.406. The highest BCUT2D eigenvalue weighted by atomic mass is 16.5. The first kappa shape index (κ1) is 21.9. The molecule has 3 aromatic carbocycles. The first-order valence-electron chi connectivity index (χ1n) is 11.8. The molecular formula is C29H24N4O3. The number of carbonyl (C=O) groups excluding carboxylic acids is 2. The molecule has 2 aromatic heterocycles. The zero-order valence-corrected chi connectivity index (χ0v) is 19.5. The summed E-state index contributed by atoms with van der Waals surface area (Å²) < 4.78 is 8.05. The van der Waals surface area contributed by atoms with E-state index in [-0.39, 0.29) is 0 Å². The molecule has 0 radical (unpaired) electrons. The van der Waals surface area contributed by atoms with Crippen LogP contribution in [-0.2, 0) is 22.7 Å². The molecule has 7 heteroatoms. The van der Waals surface area contributed by atoms with E-state index < -0.39 is 11.8 Å². The number of nitrogens with zero attached hydrogens (tertiary/aromatic N) is 1. The van der Waals surface area contributed by atoms with Gasteiger partial charge in [0.05, 0.1) is 16.7 Å². The number of imide groups is 1. The minimum Gasteiger partial charge on any atom is -0.489 e. The van der Waals surface area contributed by atoms with Crippen LogP contribution in [0.5, 0.6) is 5.75 Å². The molecule has 1 aliphatic heterocycles. The molecule has 4 N–H and O–H groups in total. The largest absolute Gasteiger partial charge is 0.489 e. The van der Waals surface area contributed by atoms with E-state index in [9.17, 15) is 9.59 Å². The van der Waals surface area contributed by atoms with Gasteiger partial charge in [0, 0.05) is 59.0 Å². The molecule has 0 atom stereocenters. The van der Waals surface area contributed by atoms with Crippen molar-refractivity contribution in [3.05, 3.63) is 102 Å². The highest BCUT2D eigenvalue weighted by Gasteiger charge is 2.35. The standard InChI is InChI=1S/C29H24N4O3/c30-12-13-33-16-23(21-11-10-19(14-25(21)33)36-17-18-6-2-1-3-7-18)27-26(28(34)32-29(27)35)22-15-31-24-9-5-4-8-20(22)24/h1-11,14-16,31H,12-13,17,30H2,(H,32,34,35). The Bertz CT molecular complexity index is 1660. The third-order valence-corrected chi connectivity index (χ3v) is 6.53. The monoisotopic (exact) mass is 476 g/mol. The molecule has 0 saturated carbocycles. The number of para-hydroxylation sites is 1.